The Labute approximate surface area is 160 Å². The fourth-order valence-corrected chi connectivity index (χ4v) is 3.98. The van der Waals surface area contributed by atoms with Crippen molar-refractivity contribution < 1.29 is 14.3 Å². The van der Waals surface area contributed by atoms with Gasteiger partial charge in [-0.15, -0.1) is 0 Å². The average molecular weight is 365 g/mol. The Balaban J connectivity index is 1.43. The molecule has 27 heavy (non-hydrogen) atoms. The highest BCUT2D eigenvalue weighted by Crippen LogP contribution is 2.32. The molecular formula is C23H27NO3. The second kappa shape index (κ2) is 7.83. The first-order valence-electron chi connectivity index (χ1n) is 9.94. The van der Waals surface area contributed by atoms with E-state index in [-0.39, 0.29) is 5.91 Å². The number of rotatable bonds is 4. The average Bonchev–Trinajstić information content (AvgIpc) is 3.17. The van der Waals surface area contributed by atoms with Gasteiger partial charge in [-0.2, -0.15) is 0 Å². The van der Waals surface area contributed by atoms with E-state index in [1.807, 2.05) is 43.3 Å². The van der Waals surface area contributed by atoms with Crippen LogP contribution in [-0.2, 0) is 15.3 Å². The second-order valence-electron chi connectivity index (χ2n) is 7.61. The van der Waals surface area contributed by atoms with Gasteiger partial charge in [0.2, 0.25) is 0 Å². The predicted octanol–water partition coefficient (Wildman–Crippen LogP) is 4.64. The van der Waals surface area contributed by atoms with E-state index in [9.17, 15) is 4.79 Å². The minimum atomic E-state index is -0.639. The first-order valence-corrected chi connectivity index (χ1v) is 9.94. The fraction of sp³-hybridized carbons (Fsp3) is 0.435. The standard InChI is InChI=1S/C23H27NO3/c1-23(26-15-16-27-23)20-13-11-18(12-14-20)17-7-9-19(10-8-17)22(25)24-21-5-3-2-4-6-21/h7-14,21H,2-6,15-16H2,1H3,(H,24,25). The van der Waals surface area contributed by atoms with Crippen LogP contribution < -0.4 is 5.32 Å². The number of hydrogen-bond acceptors (Lipinski definition) is 3. The van der Waals surface area contributed by atoms with Crippen LogP contribution in [0.2, 0.25) is 0 Å². The molecule has 4 nitrogen and oxygen atoms in total. The van der Waals surface area contributed by atoms with Crippen LogP contribution in [-0.4, -0.2) is 25.2 Å². The number of ether oxygens (including phenoxy) is 2. The van der Waals surface area contributed by atoms with Gasteiger partial charge in [-0.25, -0.2) is 0 Å². The first kappa shape index (κ1) is 18.2. The molecule has 0 bridgehead atoms. The number of hydrogen-bond donors (Lipinski definition) is 1. The van der Waals surface area contributed by atoms with Crippen molar-refractivity contribution in [3.05, 3.63) is 59.7 Å². The molecule has 1 saturated heterocycles. The molecule has 0 aromatic heterocycles. The van der Waals surface area contributed by atoms with E-state index < -0.39 is 5.79 Å². The van der Waals surface area contributed by atoms with Crippen molar-refractivity contribution in [2.24, 2.45) is 0 Å². The van der Waals surface area contributed by atoms with Gasteiger partial charge in [-0.1, -0.05) is 55.7 Å². The molecule has 0 unspecified atom stereocenters. The Bertz CT molecular complexity index is 770. The Morgan fingerprint density at radius 3 is 2.04 bits per heavy atom. The van der Waals surface area contributed by atoms with Crippen LogP contribution in [0.1, 0.15) is 54.9 Å². The van der Waals surface area contributed by atoms with Crippen LogP contribution in [0.15, 0.2) is 48.5 Å². The molecule has 142 valence electrons. The zero-order valence-corrected chi connectivity index (χ0v) is 15.9. The molecule has 1 aliphatic heterocycles. The van der Waals surface area contributed by atoms with E-state index in [0.717, 1.165) is 35.1 Å². The first-order chi connectivity index (χ1) is 13.1. The Hall–Kier alpha value is -2.17. The van der Waals surface area contributed by atoms with Crippen LogP contribution in [0.3, 0.4) is 0 Å². The minimum Gasteiger partial charge on any atom is -0.349 e. The van der Waals surface area contributed by atoms with Gasteiger partial charge in [0.25, 0.3) is 5.91 Å². The highest BCUT2D eigenvalue weighted by atomic mass is 16.7. The van der Waals surface area contributed by atoms with Gasteiger partial charge in [0.05, 0.1) is 13.2 Å². The van der Waals surface area contributed by atoms with Crippen LogP contribution in [0.5, 0.6) is 0 Å². The van der Waals surface area contributed by atoms with Crippen molar-refractivity contribution in [3.63, 3.8) is 0 Å². The van der Waals surface area contributed by atoms with Gasteiger partial charge >= 0.3 is 0 Å². The van der Waals surface area contributed by atoms with E-state index in [0.29, 0.717) is 19.3 Å². The zero-order chi connectivity index (χ0) is 18.7. The summed E-state index contributed by atoms with van der Waals surface area (Å²) in [5.41, 5.74) is 3.95. The van der Waals surface area contributed by atoms with Gasteiger partial charge < -0.3 is 14.8 Å². The molecule has 1 N–H and O–H groups in total. The SMILES string of the molecule is CC1(c2ccc(-c3ccc(C(=O)NC4CCCCC4)cc3)cc2)OCCO1. The predicted molar refractivity (Wildman–Crippen MR) is 105 cm³/mol. The molecular weight excluding hydrogens is 338 g/mol. The van der Waals surface area contributed by atoms with Crippen molar-refractivity contribution in [2.75, 3.05) is 13.2 Å². The fourth-order valence-electron chi connectivity index (χ4n) is 3.98. The molecule has 1 saturated carbocycles. The van der Waals surface area contributed by atoms with Crippen molar-refractivity contribution in [1.82, 2.24) is 5.32 Å². The van der Waals surface area contributed by atoms with E-state index >= 15 is 0 Å². The third-order valence-electron chi connectivity index (χ3n) is 5.67. The zero-order valence-electron chi connectivity index (χ0n) is 15.9. The van der Waals surface area contributed by atoms with Crippen LogP contribution in [0, 0.1) is 0 Å². The minimum absolute atomic E-state index is 0.0345. The Kier molecular flexibility index (Phi) is 5.28. The molecule has 2 fully saturated rings. The van der Waals surface area contributed by atoms with E-state index in [2.05, 4.69) is 17.4 Å². The van der Waals surface area contributed by atoms with E-state index in [1.54, 1.807) is 0 Å². The normalized spacial score (nSPS) is 19.7. The maximum atomic E-state index is 12.4. The van der Waals surface area contributed by atoms with E-state index in [4.69, 9.17) is 9.47 Å². The monoisotopic (exact) mass is 365 g/mol. The van der Waals surface area contributed by atoms with Gasteiger partial charge in [-0.05, 0) is 43.0 Å². The summed E-state index contributed by atoms with van der Waals surface area (Å²) in [5, 5.41) is 3.17. The lowest BCUT2D eigenvalue weighted by molar-refractivity contribution is -0.149. The van der Waals surface area contributed by atoms with Crippen molar-refractivity contribution >= 4 is 5.91 Å². The number of carbonyl (C=O) groups excluding carboxylic acids is 1. The summed E-state index contributed by atoms with van der Waals surface area (Å²) in [5.74, 6) is -0.605. The summed E-state index contributed by atoms with van der Waals surface area (Å²) in [7, 11) is 0. The van der Waals surface area contributed by atoms with Gasteiger partial charge in [0.1, 0.15) is 0 Å². The molecule has 0 atom stereocenters. The molecule has 0 radical (unpaired) electrons. The summed E-state index contributed by atoms with van der Waals surface area (Å²) < 4.78 is 11.4. The molecule has 4 heteroatoms. The number of nitrogens with one attached hydrogen (secondary N) is 1. The number of carbonyl (C=O) groups is 1. The molecule has 4 rings (SSSR count). The summed E-state index contributed by atoms with van der Waals surface area (Å²) in [6, 6.07) is 16.4. The lowest BCUT2D eigenvalue weighted by atomic mass is 9.95. The van der Waals surface area contributed by atoms with E-state index in [1.165, 1.54) is 19.3 Å². The molecule has 1 heterocycles. The summed E-state index contributed by atoms with van der Waals surface area (Å²) in [6.45, 7) is 3.21. The van der Waals surface area contributed by atoms with Crippen molar-refractivity contribution in [2.45, 2.75) is 50.9 Å². The highest BCUT2D eigenvalue weighted by Gasteiger charge is 2.32. The molecule has 2 aromatic rings. The van der Waals surface area contributed by atoms with Gasteiger partial charge in [0.15, 0.2) is 5.79 Å². The summed E-state index contributed by atoms with van der Waals surface area (Å²) in [4.78, 5) is 12.4. The topological polar surface area (TPSA) is 47.6 Å². The maximum absolute atomic E-state index is 12.4. The third-order valence-corrected chi connectivity index (χ3v) is 5.67. The second-order valence-corrected chi connectivity index (χ2v) is 7.61. The largest absolute Gasteiger partial charge is 0.349 e. The van der Waals surface area contributed by atoms with Gasteiger partial charge in [0, 0.05) is 17.2 Å². The van der Waals surface area contributed by atoms with Gasteiger partial charge in [-0.3, -0.25) is 4.79 Å². The Morgan fingerprint density at radius 2 is 1.44 bits per heavy atom. The molecule has 2 aromatic carbocycles. The van der Waals surface area contributed by atoms with Crippen LogP contribution in [0.4, 0.5) is 0 Å². The summed E-state index contributed by atoms with van der Waals surface area (Å²) in [6.07, 6.45) is 5.92. The quantitative estimate of drug-likeness (QED) is 0.859. The van der Waals surface area contributed by atoms with Crippen molar-refractivity contribution in [1.29, 1.82) is 0 Å². The Morgan fingerprint density at radius 1 is 0.889 bits per heavy atom. The summed E-state index contributed by atoms with van der Waals surface area (Å²) >= 11 is 0. The molecule has 1 aliphatic carbocycles. The number of benzene rings is 2. The lowest BCUT2D eigenvalue weighted by Gasteiger charge is -2.23. The maximum Gasteiger partial charge on any atom is 0.251 e. The highest BCUT2D eigenvalue weighted by molar-refractivity contribution is 5.94. The van der Waals surface area contributed by atoms with Crippen LogP contribution >= 0.6 is 0 Å². The molecule has 2 aliphatic rings. The lowest BCUT2D eigenvalue weighted by Crippen LogP contribution is -2.36. The third kappa shape index (κ3) is 4.07. The smallest absolute Gasteiger partial charge is 0.251 e. The molecule has 0 spiro atoms. The number of amides is 1. The van der Waals surface area contributed by atoms with Crippen molar-refractivity contribution in [3.8, 4) is 11.1 Å². The van der Waals surface area contributed by atoms with Crippen LogP contribution in [0.25, 0.3) is 11.1 Å². The molecule has 1 amide bonds.